The molecule has 2 rings (SSSR count). The standard InChI is InChI=1S/C25H33ClN2O4/c1-18(2)16-27-25(30)19(3)28(17-20-8-5-6-9-23(20)26)24(29)10-7-15-32-22-13-11-21(31-4)12-14-22/h5-6,8-9,11-14,18-19H,7,10,15-17H2,1-4H3,(H,27,30)/t19-/m0/s1. The predicted molar refractivity (Wildman–Crippen MR) is 127 cm³/mol. The molecule has 2 aromatic rings. The maximum atomic E-state index is 13.1. The van der Waals surface area contributed by atoms with Crippen LogP contribution in [0.2, 0.25) is 5.02 Å². The Hall–Kier alpha value is -2.73. The number of methoxy groups -OCH3 is 1. The van der Waals surface area contributed by atoms with E-state index >= 15 is 0 Å². The fourth-order valence-electron chi connectivity index (χ4n) is 3.07. The number of nitrogens with one attached hydrogen (secondary N) is 1. The van der Waals surface area contributed by atoms with Gasteiger partial charge in [0.25, 0.3) is 0 Å². The maximum absolute atomic E-state index is 13.1. The number of carbonyl (C=O) groups is 2. The first-order valence-corrected chi connectivity index (χ1v) is 11.3. The molecule has 0 aromatic heterocycles. The van der Waals surface area contributed by atoms with Crippen LogP contribution in [-0.4, -0.2) is 43.0 Å². The number of nitrogens with zero attached hydrogens (tertiary/aromatic N) is 1. The molecule has 0 saturated heterocycles. The van der Waals surface area contributed by atoms with Crippen molar-refractivity contribution in [3.63, 3.8) is 0 Å². The van der Waals surface area contributed by atoms with Crippen molar-refractivity contribution >= 4 is 23.4 Å². The lowest BCUT2D eigenvalue weighted by Crippen LogP contribution is -2.48. The van der Waals surface area contributed by atoms with Crippen LogP contribution in [0.15, 0.2) is 48.5 Å². The Morgan fingerprint density at radius 3 is 2.31 bits per heavy atom. The van der Waals surface area contributed by atoms with Crippen molar-refractivity contribution in [3.05, 3.63) is 59.1 Å². The zero-order valence-electron chi connectivity index (χ0n) is 19.3. The lowest BCUT2D eigenvalue weighted by atomic mass is 10.1. The van der Waals surface area contributed by atoms with Crippen molar-refractivity contribution < 1.29 is 19.1 Å². The highest BCUT2D eigenvalue weighted by molar-refractivity contribution is 6.31. The fraction of sp³-hybridized carbons (Fsp3) is 0.440. The molecule has 0 heterocycles. The van der Waals surface area contributed by atoms with Crippen molar-refractivity contribution in [2.45, 2.75) is 46.2 Å². The van der Waals surface area contributed by atoms with Gasteiger partial charge in [0.05, 0.1) is 13.7 Å². The minimum Gasteiger partial charge on any atom is -0.497 e. The Kier molecular flexibility index (Phi) is 10.3. The second kappa shape index (κ2) is 13.0. The van der Waals surface area contributed by atoms with Gasteiger partial charge in [0, 0.05) is 24.5 Å². The summed E-state index contributed by atoms with van der Waals surface area (Å²) >= 11 is 6.31. The van der Waals surface area contributed by atoms with Gasteiger partial charge in [0.1, 0.15) is 17.5 Å². The fourth-order valence-corrected chi connectivity index (χ4v) is 3.27. The van der Waals surface area contributed by atoms with Gasteiger partial charge in [-0.3, -0.25) is 9.59 Å². The zero-order chi connectivity index (χ0) is 23.5. The molecule has 0 saturated carbocycles. The van der Waals surface area contributed by atoms with E-state index in [0.29, 0.717) is 36.3 Å². The third-order valence-corrected chi connectivity index (χ3v) is 5.38. The monoisotopic (exact) mass is 460 g/mol. The lowest BCUT2D eigenvalue weighted by Gasteiger charge is -2.29. The van der Waals surface area contributed by atoms with Crippen LogP contribution < -0.4 is 14.8 Å². The number of benzene rings is 2. The summed E-state index contributed by atoms with van der Waals surface area (Å²) in [6.07, 6.45) is 0.798. The lowest BCUT2D eigenvalue weighted by molar-refractivity contribution is -0.140. The summed E-state index contributed by atoms with van der Waals surface area (Å²) in [6, 6.07) is 14.0. The van der Waals surface area contributed by atoms with Crippen LogP contribution in [0, 0.1) is 5.92 Å². The van der Waals surface area contributed by atoms with Crippen LogP contribution in [0.1, 0.15) is 39.2 Å². The molecule has 0 bridgehead atoms. The predicted octanol–water partition coefficient (Wildman–Crippen LogP) is 4.70. The highest BCUT2D eigenvalue weighted by atomic mass is 35.5. The van der Waals surface area contributed by atoms with Crippen molar-refractivity contribution in [1.29, 1.82) is 0 Å². The number of amides is 2. The smallest absolute Gasteiger partial charge is 0.242 e. The van der Waals surface area contributed by atoms with Crippen molar-refractivity contribution in [1.82, 2.24) is 10.2 Å². The summed E-state index contributed by atoms with van der Waals surface area (Å²) in [4.78, 5) is 27.3. The molecule has 0 fully saturated rings. The van der Waals surface area contributed by atoms with Crippen molar-refractivity contribution in [2.75, 3.05) is 20.3 Å². The average Bonchev–Trinajstić information content (AvgIpc) is 2.79. The number of halogens is 1. The molecule has 7 heteroatoms. The van der Waals surface area contributed by atoms with Gasteiger partial charge < -0.3 is 19.7 Å². The summed E-state index contributed by atoms with van der Waals surface area (Å²) in [5.74, 6) is 1.51. The van der Waals surface area contributed by atoms with E-state index in [9.17, 15) is 9.59 Å². The molecule has 0 aliphatic carbocycles. The molecule has 0 radical (unpaired) electrons. The Bertz CT molecular complexity index is 871. The van der Waals surface area contributed by atoms with Crippen molar-refractivity contribution in [2.24, 2.45) is 5.92 Å². The Labute approximate surface area is 195 Å². The van der Waals surface area contributed by atoms with E-state index in [1.807, 2.05) is 56.3 Å². The number of rotatable bonds is 12. The summed E-state index contributed by atoms with van der Waals surface area (Å²) in [5, 5.41) is 3.49. The normalized spacial score (nSPS) is 11.7. The van der Waals surface area contributed by atoms with Gasteiger partial charge in [-0.2, -0.15) is 0 Å². The second-order valence-electron chi connectivity index (χ2n) is 8.06. The average molecular weight is 461 g/mol. The zero-order valence-corrected chi connectivity index (χ0v) is 20.0. The van der Waals surface area contributed by atoms with E-state index in [4.69, 9.17) is 21.1 Å². The van der Waals surface area contributed by atoms with Gasteiger partial charge in [-0.25, -0.2) is 0 Å². The number of hydrogen-bond donors (Lipinski definition) is 1. The quantitative estimate of drug-likeness (QED) is 0.466. The number of ether oxygens (including phenoxy) is 2. The van der Waals surface area contributed by atoms with Crippen LogP contribution in [0.5, 0.6) is 11.5 Å². The molecule has 1 atom stereocenters. The molecule has 32 heavy (non-hydrogen) atoms. The summed E-state index contributed by atoms with van der Waals surface area (Å²) < 4.78 is 10.9. The van der Waals surface area contributed by atoms with Gasteiger partial charge in [0.2, 0.25) is 11.8 Å². The van der Waals surface area contributed by atoms with E-state index in [1.165, 1.54) is 0 Å². The van der Waals surface area contributed by atoms with E-state index < -0.39 is 6.04 Å². The molecule has 2 amide bonds. The first-order valence-electron chi connectivity index (χ1n) is 10.9. The van der Waals surface area contributed by atoms with E-state index in [0.717, 1.165) is 11.3 Å². The largest absolute Gasteiger partial charge is 0.497 e. The SMILES string of the molecule is COc1ccc(OCCCC(=O)N(Cc2ccccc2Cl)[C@@H](C)C(=O)NCC(C)C)cc1. The topological polar surface area (TPSA) is 67.9 Å². The minimum absolute atomic E-state index is 0.115. The Morgan fingerprint density at radius 2 is 1.69 bits per heavy atom. The van der Waals surface area contributed by atoms with Gasteiger partial charge in [-0.1, -0.05) is 43.6 Å². The second-order valence-corrected chi connectivity index (χ2v) is 8.46. The molecular formula is C25H33ClN2O4. The highest BCUT2D eigenvalue weighted by Gasteiger charge is 2.26. The minimum atomic E-state index is -0.611. The molecule has 0 unspecified atom stereocenters. The van der Waals surface area contributed by atoms with Crippen LogP contribution in [0.25, 0.3) is 0 Å². The number of carbonyl (C=O) groups excluding carboxylic acids is 2. The summed E-state index contributed by atoms with van der Waals surface area (Å²) in [6.45, 7) is 7.03. The van der Waals surface area contributed by atoms with Crippen molar-refractivity contribution in [3.8, 4) is 11.5 Å². The van der Waals surface area contributed by atoms with Crippen LogP contribution in [0.3, 0.4) is 0 Å². The molecule has 0 aliphatic heterocycles. The van der Waals surface area contributed by atoms with Gasteiger partial charge in [0.15, 0.2) is 0 Å². The molecule has 6 nitrogen and oxygen atoms in total. The number of hydrogen-bond acceptors (Lipinski definition) is 4. The Balaban J connectivity index is 1.98. The van der Waals surface area contributed by atoms with E-state index in [-0.39, 0.29) is 24.8 Å². The summed E-state index contributed by atoms with van der Waals surface area (Å²) in [7, 11) is 1.61. The molecule has 2 aromatic carbocycles. The maximum Gasteiger partial charge on any atom is 0.242 e. The first-order chi connectivity index (χ1) is 15.3. The Morgan fingerprint density at radius 1 is 1.03 bits per heavy atom. The van der Waals surface area contributed by atoms with E-state index in [1.54, 1.807) is 25.0 Å². The third-order valence-electron chi connectivity index (χ3n) is 5.01. The molecule has 0 spiro atoms. The van der Waals surface area contributed by atoms with Crippen LogP contribution in [0.4, 0.5) is 0 Å². The highest BCUT2D eigenvalue weighted by Crippen LogP contribution is 2.20. The molecular weight excluding hydrogens is 428 g/mol. The third kappa shape index (κ3) is 8.08. The van der Waals surface area contributed by atoms with Gasteiger partial charge in [-0.05, 0) is 55.2 Å². The molecule has 174 valence electrons. The summed E-state index contributed by atoms with van der Waals surface area (Å²) in [5.41, 5.74) is 0.806. The van der Waals surface area contributed by atoms with Crippen LogP contribution in [-0.2, 0) is 16.1 Å². The molecule has 1 N–H and O–H groups in total. The van der Waals surface area contributed by atoms with E-state index in [2.05, 4.69) is 5.32 Å². The first kappa shape index (κ1) is 25.5. The van der Waals surface area contributed by atoms with Gasteiger partial charge in [-0.15, -0.1) is 0 Å². The van der Waals surface area contributed by atoms with Crippen LogP contribution >= 0.6 is 11.6 Å². The molecule has 0 aliphatic rings. The van der Waals surface area contributed by atoms with Gasteiger partial charge >= 0.3 is 0 Å².